The summed E-state index contributed by atoms with van der Waals surface area (Å²) >= 11 is 0. The number of nitrogens with one attached hydrogen (secondary N) is 4. The lowest BCUT2D eigenvalue weighted by Gasteiger charge is -2.39. The summed E-state index contributed by atoms with van der Waals surface area (Å²) in [5.41, 5.74) is 12.1. The number of quaternary nitrogens is 1. The molecular formula is C34H49N8O4+. The van der Waals surface area contributed by atoms with Gasteiger partial charge in [0.1, 0.15) is 6.04 Å². The van der Waals surface area contributed by atoms with Gasteiger partial charge in [0.2, 0.25) is 0 Å². The molecule has 4 fully saturated rings. The van der Waals surface area contributed by atoms with E-state index >= 15 is 0 Å². The number of fused-ring (bicyclic) bond motifs is 2. The molecule has 2 aromatic rings. The minimum absolute atomic E-state index is 0.00885. The predicted octanol–water partition coefficient (Wildman–Crippen LogP) is 1.70. The van der Waals surface area contributed by atoms with Crippen LogP contribution < -0.4 is 27.4 Å². The number of hydrazine groups is 1. The van der Waals surface area contributed by atoms with E-state index in [4.69, 9.17) is 4.74 Å². The van der Waals surface area contributed by atoms with Crippen molar-refractivity contribution in [3.05, 3.63) is 58.0 Å². The average molecular weight is 634 g/mol. The van der Waals surface area contributed by atoms with E-state index in [1.807, 2.05) is 39.2 Å². The number of aromatic nitrogens is 2. The third-order valence-corrected chi connectivity index (χ3v) is 11.2. The molecule has 1 aromatic heterocycles. The molecule has 0 bridgehead atoms. The van der Waals surface area contributed by atoms with E-state index in [0.29, 0.717) is 51.4 Å². The SMILES string of the molecule is CC1=CC(CC(OC(=O)N2CCC(n3c(=O)[nH]c4ccccc43)CC2)C(=O)N2CCC(C3CCNCC3)CC2)=CC2(C)[NH2+]NNC12. The molecule has 4 saturated heterocycles. The fourth-order valence-electron chi connectivity index (χ4n) is 8.63. The molecule has 0 saturated carbocycles. The highest BCUT2D eigenvalue weighted by Crippen LogP contribution is 2.33. The van der Waals surface area contributed by atoms with Gasteiger partial charge in [-0.1, -0.05) is 18.2 Å². The van der Waals surface area contributed by atoms with Crippen LogP contribution in [0.25, 0.3) is 11.0 Å². The number of piperidine rings is 3. The fourth-order valence-corrected chi connectivity index (χ4v) is 8.63. The van der Waals surface area contributed by atoms with Crippen molar-refractivity contribution in [2.75, 3.05) is 39.3 Å². The Balaban J connectivity index is 1.04. The van der Waals surface area contributed by atoms with Gasteiger partial charge in [-0.05, 0) is 107 Å². The Morgan fingerprint density at radius 1 is 1.00 bits per heavy atom. The van der Waals surface area contributed by atoms with Crippen LogP contribution in [0.2, 0.25) is 0 Å². The summed E-state index contributed by atoms with van der Waals surface area (Å²) in [6.45, 7) is 8.78. The Kier molecular flexibility index (Phi) is 8.79. The standard InChI is InChI=1S/C34H48N8O4/c1-22-19-23(21-34(2)30(22)37-39-38-34)20-29(31(43)40-15-9-25(10-16-40)24-7-13-35-14-8-24)46-33(45)41-17-11-26(12-18-41)42-28-6-4-3-5-27(28)36-32(42)44/h3-6,19,21,24-26,29-30,35,37-39H,7-18,20H2,1-2H3,(H,36,44)/p+1. The van der Waals surface area contributed by atoms with E-state index in [2.05, 4.69) is 47.3 Å². The average Bonchev–Trinajstić information content (AvgIpc) is 3.63. The van der Waals surface area contributed by atoms with Crippen molar-refractivity contribution in [2.45, 2.75) is 82.5 Å². The van der Waals surface area contributed by atoms with Gasteiger partial charge in [0.15, 0.2) is 11.6 Å². The van der Waals surface area contributed by atoms with E-state index in [1.54, 1.807) is 4.90 Å². The second-order valence-electron chi connectivity index (χ2n) is 14.2. The van der Waals surface area contributed by atoms with Gasteiger partial charge in [-0.3, -0.25) is 9.36 Å². The Bertz CT molecular complexity index is 1560. The second-order valence-corrected chi connectivity index (χ2v) is 14.2. The number of benzene rings is 1. The molecule has 2 amide bonds. The molecule has 3 atom stereocenters. The number of rotatable bonds is 6. The molecule has 3 unspecified atom stereocenters. The minimum atomic E-state index is -0.894. The maximum atomic E-state index is 14.1. The number of nitrogens with zero attached hydrogens (tertiary/aromatic N) is 3. The monoisotopic (exact) mass is 633 g/mol. The van der Waals surface area contributed by atoms with Crippen LogP contribution in [0.5, 0.6) is 0 Å². The van der Waals surface area contributed by atoms with Gasteiger partial charge >= 0.3 is 11.8 Å². The highest BCUT2D eigenvalue weighted by atomic mass is 16.6. The zero-order valence-corrected chi connectivity index (χ0v) is 27.1. The maximum Gasteiger partial charge on any atom is 0.410 e. The molecule has 12 nitrogen and oxygen atoms in total. The summed E-state index contributed by atoms with van der Waals surface area (Å²) in [5.74, 6) is 1.29. The Morgan fingerprint density at radius 3 is 2.46 bits per heavy atom. The van der Waals surface area contributed by atoms with Crippen LogP contribution in [0, 0.1) is 11.8 Å². The third kappa shape index (κ3) is 6.15. The number of hydrogen-bond donors (Lipinski definition) is 5. The van der Waals surface area contributed by atoms with Crippen molar-refractivity contribution >= 4 is 23.0 Å². The number of likely N-dealkylation sites (tertiary alicyclic amines) is 2. The summed E-state index contributed by atoms with van der Waals surface area (Å²) in [6, 6.07) is 7.84. The van der Waals surface area contributed by atoms with Crippen LogP contribution >= 0.6 is 0 Å². The van der Waals surface area contributed by atoms with E-state index in [9.17, 15) is 14.4 Å². The molecule has 12 heteroatoms. The summed E-state index contributed by atoms with van der Waals surface area (Å²) in [7, 11) is 0. The summed E-state index contributed by atoms with van der Waals surface area (Å²) in [6.07, 6.45) is 9.03. The van der Waals surface area contributed by atoms with Crippen LogP contribution in [0.3, 0.4) is 0 Å². The predicted molar refractivity (Wildman–Crippen MR) is 174 cm³/mol. The zero-order valence-electron chi connectivity index (χ0n) is 27.1. The number of H-pyrrole nitrogens is 1. The molecule has 248 valence electrons. The first-order valence-corrected chi connectivity index (χ1v) is 17.2. The molecule has 5 heterocycles. The zero-order chi connectivity index (χ0) is 31.8. The molecule has 0 radical (unpaired) electrons. The van der Waals surface area contributed by atoms with Crippen LogP contribution in [0.15, 0.2) is 52.4 Å². The van der Waals surface area contributed by atoms with Gasteiger partial charge in [-0.15, -0.1) is 5.53 Å². The molecular weight excluding hydrogens is 584 g/mol. The molecule has 7 rings (SSSR count). The number of imidazole rings is 1. The number of para-hydroxylation sites is 2. The number of nitrogens with two attached hydrogens (primary N) is 1. The van der Waals surface area contributed by atoms with Crippen molar-refractivity contribution in [3.8, 4) is 0 Å². The van der Waals surface area contributed by atoms with Crippen molar-refractivity contribution in [3.63, 3.8) is 0 Å². The van der Waals surface area contributed by atoms with Gasteiger partial charge < -0.3 is 24.8 Å². The lowest BCUT2D eigenvalue weighted by molar-refractivity contribution is -0.746. The first-order chi connectivity index (χ1) is 22.3. The van der Waals surface area contributed by atoms with Gasteiger partial charge in [-0.25, -0.2) is 15.0 Å². The van der Waals surface area contributed by atoms with Crippen LogP contribution in [-0.4, -0.2) is 88.3 Å². The van der Waals surface area contributed by atoms with E-state index in [1.165, 1.54) is 18.4 Å². The molecule has 1 aromatic carbocycles. The molecule has 6 N–H and O–H groups in total. The number of hydrogen-bond acceptors (Lipinski definition) is 7. The van der Waals surface area contributed by atoms with Gasteiger partial charge in [-0.2, -0.15) is 5.43 Å². The van der Waals surface area contributed by atoms with Crippen LogP contribution in [-0.2, 0) is 9.53 Å². The van der Waals surface area contributed by atoms with Gasteiger partial charge in [0, 0.05) is 38.6 Å². The van der Waals surface area contributed by atoms with Crippen molar-refractivity contribution in [1.29, 1.82) is 0 Å². The van der Waals surface area contributed by atoms with Gasteiger partial charge in [0.25, 0.3) is 5.91 Å². The number of aromatic amines is 1. The molecule has 0 spiro atoms. The molecule has 5 aliphatic rings. The van der Waals surface area contributed by atoms with Crippen LogP contribution in [0.4, 0.5) is 4.79 Å². The molecule has 4 aliphatic heterocycles. The number of carbonyl (C=O) groups is 2. The fraction of sp³-hybridized carbons (Fsp3) is 0.618. The quantitative estimate of drug-likeness (QED) is 0.305. The second kappa shape index (κ2) is 13.0. The molecule has 1 aliphatic carbocycles. The molecule has 46 heavy (non-hydrogen) atoms. The first kappa shape index (κ1) is 31.2. The largest absolute Gasteiger partial charge is 0.436 e. The number of ether oxygens (including phenoxy) is 1. The third-order valence-electron chi connectivity index (χ3n) is 11.2. The van der Waals surface area contributed by atoms with Crippen LogP contribution in [0.1, 0.15) is 64.8 Å². The summed E-state index contributed by atoms with van der Waals surface area (Å²) in [5, 5.41) is 3.46. The highest BCUT2D eigenvalue weighted by molar-refractivity contribution is 5.84. The Labute approximate surface area is 269 Å². The lowest BCUT2D eigenvalue weighted by atomic mass is 9.79. The van der Waals surface area contributed by atoms with Crippen molar-refractivity contribution in [1.82, 2.24) is 35.6 Å². The minimum Gasteiger partial charge on any atom is -0.436 e. The Hall–Kier alpha value is -3.45. The van der Waals surface area contributed by atoms with Gasteiger partial charge in [0.05, 0.1) is 11.0 Å². The van der Waals surface area contributed by atoms with E-state index in [0.717, 1.165) is 48.5 Å². The highest BCUT2D eigenvalue weighted by Gasteiger charge is 2.45. The normalized spacial score (nSPS) is 27.3. The van der Waals surface area contributed by atoms with Crippen molar-refractivity contribution < 1.29 is 19.8 Å². The summed E-state index contributed by atoms with van der Waals surface area (Å²) < 4.78 is 7.97. The number of carbonyl (C=O) groups excluding carboxylic acids is 2. The van der Waals surface area contributed by atoms with E-state index < -0.39 is 12.2 Å². The smallest absolute Gasteiger partial charge is 0.410 e. The number of allylic oxidation sites excluding steroid dienone is 1. The van der Waals surface area contributed by atoms with E-state index in [-0.39, 0.29) is 29.2 Å². The maximum absolute atomic E-state index is 14.1. The first-order valence-electron chi connectivity index (χ1n) is 17.2. The summed E-state index contributed by atoms with van der Waals surface area (Å²) in [4.78, 5) is 47.2. The Morgan fingerprint density at radius 2 is 1.70 bits per heavy atom. The lowest BCUT2D eigenvalue weighted by Crippen LogP contribution is -3.00. The topological polar surface area (TPSA) is 140 Å². The van der Waals surface area contributed by atoms with Crippen molar-refractivity contribution in [2.24, 2.45) is 11.8 Å². The number of amides is 2.